The second-order valence-corrected chi connectivity index (χ2v) is 9.39. The molecule has 0 bridgehead atoms. The number of aryl methyl sites for hydroxylation is 1. The Morgan fingerprint density at radius 1 is 1.09 bits per heavy atom. The third-order valence-corrected chi connectivity index (χ3v) is 6.94. The predicted octanol–water partition coefficient (Wildman–Crippen LogP) is 6.05. The number of amides is 1. The fourth-order valence-electron chi connectivity index (χ4n) is 4.68. The lowest BCUT2D eigenvalue weighted by atomic mass is 9.83. The Balaban J connectivity index is 1.58. The van der Waals surface area contributed by atoms with Gasteiger partial charge < -0.3 is 14.8 Å². The van der Waals surface area contributed by atoms with Crippen molar-refractivity contribution < 1.29 is 18.7 Å². The monoisotopic (exact) mass is 496 g/mol. The molecule has 0 radical (unpaired) electrons. The Labute approximate surface area is 210 Å². The van der Waals surface area contributed by atoms with Crippen molar-refractivity contribution in [3.8, 4) is 11.5 Å². The molecule has 35 heavy (non-hydrogen) atoms. The number of methoxy groups -OCH3 is 2. The first-order valence-corrected chi connectivity index (χ1v) is 12.0. The molecule has 0 unspecified atom stereocenters. The second kappa shape index (κ2) is 11.1. The van der Waals surface area contributed by atoms with Crippen molar-refractivity contribution in [1.29, 1.82) is 0 Å². The van der Waals surface area contributed by atoms with Crippen molar-refractivity contribution in [1.82, 2.24) is 4.90 Å². The van der Waals surface area contributed by atoms with E-state index in [1.807, 2.05) is 36.4 Å². The topological polar surface area (TPSA) is 50.8 Å². The highest BCUT2D eigenvalue weighted by atomic mass is 35.5. The number of anilines is 1. The third kappa shape index (κ3) is 5.95. The number of carbonyl (C=O) groups is 1. The van der Waals surface area contributed by atoms with Gasteiger partial charge in [-0.1, -0.05) is 41.9 Å². The van der Waals surface area contributed by atoms with Gasteiger partial charge in [-0.05, 0) is 60.2 Å². The van der Waals surface area contributed by atoms with Crippen LogP contribution in [0.5, 0.6) is 11.5 Å². The molecule has 2 atom stereocenters. The van der Waals surface area contributed by atoms with Gasteiger partial charge in [0, 0.05) is 30.7 Å². The largest absolute Gasteiger partial charge is 0.497 e. The van der Waals surface area contributed by atoms with Gasteiger partial charge in [-0.3, -0.25) is 9.69 Å². The number of hydrogen-bond acceptors (Lipinski definition) is 4. The molecule has 7 heteroatoms. The highest BCUT2D eigenvalue weighted by Gasteiger charge is 2.33. The zero-order valence-electron chi connectivity index (χ0n) is 20.2. The smallest absolute Gasteiger partial charge is 0.228 e. The number of ether oxygens (including phenoxy) is 2. The molecule has 3 aromatic carbocycles. The van der Waals surface area contributed by atoms with Gasteiger partial charge in [0.15, 0.2) is 0 Å². The van der Waals surface area contributed by atoms with Gasteiger partial charge in [0.2, 0.25) is 5.91 Å². The van der Waals surface area contributed by atoms with E-state index in [-0.39, 0.29) is 23.6 Å². The predicted molar refractivity (Wildman–Crippen MR) is 137 cm³/mol. The number of nitrogens with zero attached hydrogens (tertiary/aromatic N) is 1. The molecule has 4 rings (SSSR count). The highest BCUT2D eigenvalue weighted by Crippen LogP contribution is 2.35. The summed E-state index contributed by atoms with van der Waals surface area (Å²) in [5, 5.41) is 3.74. The Morgan fingerprint density at radius 3 is 2.60 bits per heavy atom. The zero-order chi connectivity index (χ0) is 24.9. The van der Waals surface area contributed by atoms with Gasteiger partial charge in [-0.2, -0.15) is 0 Å². The van der Waals surface area contributed by atoms with E-state index in [1.54, 1.807) is 39.3 Å². The number of piperidine rings is 1. The molecule has 1 saturated heterocycles. The first kappa shape index (κ1) is 25.0. The summed E-state index contributed by atoms with van der Waals surface area (Å²) < 4.78 is 24.6. The summed E-state index contributed by atoms with van der Waals surface area (Å²) >= 11 is 6.43. The van der Waals surface area contributed by atoms with Crippen LogP contribution in [0.3, 0.4) is 0 Å². The van der Waals surface area contributed by atoms with Crippen LogP contribution in [0, 0.1) is 18.7 Å². The van der Waals surface area contributed by atoms with E-state index in [0.29, 0.717) is 47.3 Å². The Hall–Kier alpha value is -3.09. The van der Waals surface area contributed by atoms with Crippen molar-refractivity contribution in [3.63, 3.8) is 0 Å². The molecule has 0 aliphatic carbocycles. The van der Waals surface area contributed by atoms with Crippen LogP contribution in [0.1, 0.15) is 29.0 Å². The fraction of sp³-hybridized carbons (Fsp3) is 0.321. The summed E-state index contributed by atoms with van der Waals surface area (Å²) in [6.45, 7) is 3.74. The van der Waals surface area contributed by atoms with Gasteiger partial charge >= 0.3 is 0 Å². The van der Waals surface area contributed by atoms with Gasteiger partial charge in [0.05, 0.1) is 25.8 Å². The number of carbonyl (C=O) groups excluding carboxylic acids is 1. The summed E-state index contributed by atoms with van der Waals surface area (Å²) in [5.41, 5.74) is 3.25. The molecule has 1 N–H and O–H groups in total. The molecule has 1 aliphatic heterocycles. The van der Waals surface area contributed by atoms with E-state index in [4.69, 9.17) is 21.1 Å². The van der Waals surface area contributed by atoms with E-state index >= 15 is 0 Å². The van der Waals surface area contributed by atoms with E-state index < -0.39 is 0 Å². The molecule has 0 saturated carbocycles. The third-order valence-electron chi connectivity index (χ3n) is 6.57. The summed E-state index contributed by atoms with van der Waals surface area (Å²) in [7, 11) is 3.14. The number of likely N-dealkylation sites (tertiary alicyclic amines) is 1. The van der Waals surface area contributed by atoms with Crippen LogP contribution in [-0.2, 0) is 11.3 Å². The molecule has 1 heterocycles. The second-order valence-electron chi connectivity index (χ2n) is 8.98. The minimum Gasteiger partial charge on any atom is -0.497 e. The SMILES string of the molecule is COc1ccc(NC(=O)[C@H]2C[C@H](c3ccc(F)c(C)c3)CN(Cc3ccccc3Cl)C2)c(OC)c1. The quantitative estimate of drug-likeness (QED) is 0.432. The van der Waals surface area contributed by atoms with Crippen molar-refractivity contribution in [2.24, 2.45) is 5.92 Å². The Morgan fingerprint density at radius 2 is 1.89 bits per heavy atom. The number of rotatable bonds is 7. The molecule has 3 aromatic rings. The molecular weight excluding hydrogens is 467 g/mol. The number of nitrogens with one attached hydrogen (secondary N) is 1. The van der Waals surface area contributed by atoms with Crippen LogP contribution in [0.15, 0.2) is 60.7 Å². The molecule has 184 valence electrons. The molecule has 1 aliphatic rings. The van der Waals surface area contributed by atoms with Crippen LogP contribution in [0.2, 0.25) is 5.02 Å². The highest BCUT2D eigenvalue weighted by molar-refractivity contribution is 6.31. The lowest BCUT2D eigenvalue weighted by Gasteiger charge is -2.37. The van der Waals surface area contributed by atoms with Gasteiger partial charge in [0.25, 0.3) is 0 Å². The van der Waals surface area contributed by atoms with E-state index in [2.05, 4.69) is 10.2 Å². The van der Waals surface area contributed by atoms with Crippen LogP contribution in [0.25, 0.3) is 0 Å². The van der Waals surface area contributed by atoms with Crippen LogP contribution >= 0.6 is 11.6 Å². The average Bonchev–Trinajstić information content (AvgIpc) is 2.87. The van der Waals surface area contributed by atoms with E-state index in [9.17, 15) is 9.18 Å². The maximum absolute atomic E-state index is 13.9. The van der Waals surface area contributed by atoms with Crippen molar-refractivity contribution in [3.05, 3.63) is 88.2 Å². The fourth-order valence-corrected chi connectivity index (χ4v) is 4.87. The summed E-state index contributed by atoms with van der Waals surface area (Å²) in [6.07, 6.45) is 0.661. The van der Waals surface area contributed by atoms with Gasteiger partial charge in [-0.15, -0.1) is 0 Å². The van der Waals surface area contributed by atoms with Crippen molar-refractivity contribution >= 4 is 23.2 Å². The van der Waals surface area contributed by atoms with E-state index in [1.165, 1.54) is 6.07 Å². The van der Waals surface area contributed by atoms with Crippen LogP contribution < -0.4 is 14.8 Å². The van der Waals surface area contributed by atoms with E-state index in [0.717, 1.165) is 17.7 Å². The Kier molecular flexibility index (Phi) is 7.93. The maximum atomic E-state index is 13.9. The summed E-state index contributed by atoms with van der Waals surface area (Å²) in [5.74, 6) is 0.689. The van der Waals surface area contributed by atoms with Crippen molar-refractivity contribution in [2.45, 2.75) is 25.8 Å². The molecule has 0 spiro atoms. The lowest BCUT2D eigenvalue weighted by Crippen LogP contribution is -2.43. The maximum Gasteiger partial charge on any atom is 0.228 e. The molecular formula is C28H30ClFN2O3. The van der Waals surface area contributed by atoms with Crippen LogP contribution in [-0.4, -0.2) is 38.1 Å². The molecule has 1 amide bonds. The Bertz CT molecular complexity index is 1200. The number of halogens is 2. The summed E-state index contributed by atoms with van der Waals surface area (Å²) in [6, 6.07) is 18.3. The number of hydrogen-bond donors (Lipinski definition) is 1. The molecule has 5 nitrogen and oxygen atoms in total. The lowest BCUT2D eigenvalue weighted by molar-refractivity contribution is -0.121. The minimum absolute atomic E-state index is 0.0823. The molecule has 0 aromatic heterocycles. The first-order chi connectivity index (χ1) is 16.9. The van der Waals surface area contributed by atoms with Crippen LogP contribution in [0.4, 0.5) is 10.1 Å². The first-order valence-electron chi connectivity index (χ1n) is 11.6. The molecule has 1 fully saturated rings. The normalized spacial score (nSPS) is 18.2. The number of benzene rings is 3. The van der Waals surface area contributed by atoms with Gasteiger partial charge in [0.1, 0.15) is 17.3 Å². The average molecular weight is 497 g/mol. The minimum atomic E-state index is -0.270. The zero-order valence-corrected chi connectivity index (χ0v) is 20.9. The van der Waals surface area contributed by atoms with Crippen molar-refractivity contribution in [2.75, 3.05) is 32.6 Å². The standard InChI is InChI=1S/C28H30ClFN2O3/c1-18-12-19(8-10-25(18)30)21-13-22(17-32(16-21)15-20-6-4-5-7-24(20)29)28(33)31-26-11-9-23(34-2)14-27(26)35-3/h4-12,14,21-22H,13,15-17H2,1-3H3,(H,31,33)/t21-,22-/m0/s1. The summed E-state index contributed by atoms with van der Waals surface area (Å²) in [4.78, 5) is 15.7. The van der Waals surface area contributed by atoms with Gasteiger partial charge in [-0.25, -0.2) is 4.39 Å².